The van der Waals surface area contributed by atoms with E-state index in [0.29, 0.717) is 0 Å². The van der Waals surface area contributed by atoms with Gasteiger partial charge in [0.15, 0.2) is 0 Å². The van der Waals surface area contributed by atoms with Crippen LogP contribution in [-0.2, 0) is 12.8 Å². The molecule has 3 heteroatoms. The van der Waals surface area contributed by atoms with Crippen LogP contribution < -0.4 is 0 Å². The van der Waals surface area contributed by atoms with Crippen molar-refractivity contribution in [2.45, 2.75) is 12.8 Å². The molecule has 0 bridgehead atoms. The maximum absolute atomic E-state index is 4.34. The van der Waals surface area contributed by atoms with Crippen LogP contribution in [-0.4, -0.2) is 23.9 Å². The van der Waals surface area contributed by atoms with E-state index in [9.17, 15) is 0 Å². The summed E-state index contributed by atoms with van der Waals surface area (Å²) in [7, 11) is 0. The first-order valence-electron chi connectivity index (χ1n) is 5.76. The summed E-state index contributed by atoms with van der Waals surface area (Å²) in [5.74, 6) is 0. The zero-order valence-corrected chi connectivity index (χ0v) is 10.9. The van der Waals surface area contributed by atoms with E-state index < -0.39 is 0 Å². The van der Waals surface area contributed by atoms with Crippen molar-refractivity contribution < 1.29 is 0 Å². The Morgan fingerprint density at radius 1 is 1.00 bits per heavy atom. The number of aromatic nitrogens is 2. The molecule has 1 aromatic heterocycles. The molecule has 0 saturated heterocycles. The summed E-state index contributed by atoms with van der Waals surface area (Å²) in [5, 5.41) is 7.05. The molecule has 17 heavy (non-hydrogen) atoms. The molecule has 0 spiro atoms. The van der Waals surface area contributed by atoms with Crippen LogP contribution in [0, 0.1) is 0 Å². The van der Waals surface area contributed by atoms with Crippen LogP contribution in [0.25, 0.3) is 22.0 Å². The van der Waals surface area contributed by atoms with Gasteiger partial charge in [0, 0.05) is 0 Å². The average Bonchev–Trinajstić information content (AvgIpc) is 2.86. The van der Waals surface area contributed by atoms with Crippen LogP contribution in [0.5, 0.6) is 0 Å². The van der Waals surface area contributed by atoms with Crippen LogP contribution in [0.2, 0.25) is 0 Å². The van der Waals surface area contributed by atoms with Crippen molar-refractivity contribution in [3.63, 3.8) is 0 Å². The van der Waals surface area contributed by atoms with Gasteiger partial charge in [-0.15, -0.1) is 0 Å². The average molecular weight is 285 g/mol. The molecule has 4 rings (SSSR count). The second-order valence-electron chi connectivity index (χ2n) is 4.36. The predicted molar refractivity (Wildman–Crippen MR) is 69.3 cm³/mol. The molecule has 1 aliphatic carbocycles. The molecular formula is C14H10N2Se. The summed E-state index contributed by atoms with van der Waals surface area (Å²) in [6, 6.07) is 13.0. The van der Waals surface area contributed by atoms with E-state index in [1.165, 1.54) is 26.3 Å². The Hall–Kier alpha value is -1.44. The zero-order valence-electron chi connectivity index (χ0n) is 9.18. The van der Waals surface area contributed by atoms with Gasteiger partial charge in [-0.05, 0) is 0 Å². The Labute approximate surface area is 105 Å². The van der Waals surface area contributed by atoms with E-state index in [-0.39, 0.29) is 14.7 Å². The Bertz CT molecular complexity index is 715. The number of hydrogen-bond acceptors (Lipinski definition) is 2. The van der Waals surface area contributed by atoms with Gasteiger partial charge in [-0.3, -0.25) is 0 Å². The van der Waals surface area contributed by atoms with Crippen LogP contribution >= 0.6 is 0 Å². The summed E-state index contributed by atoms with van der Waals surface area (Å²) in [5.41, 5.74) is 3.93. The molecule has 0 aliphatic heterocycles. The first-order valence-corrected chi connectivity index (χ1v) is 7.38. The van der Waals surface area contributed by atoms with Gasteiger partial charge in [-0.1, -0.05) is 0 Å². The van der Waals surface area contributed by atoms with Gasteiger partial charge in [0.2, 0.25) is 0 Å². The topological polar surface area (TPSA) is 25.8 Å². The molecular weight excluding hydrogens is 275 g/mol. The molecule has 0 radical (unpaired) electrons. The standard InChI is InChI=1S/C14H10N2Se/c1-2-4-10-9(3-1)5-6-12-11(10)7-8-13-14(12)15-16-17-13/h1-6H,7-8H2. The minimum atomic E-state index is 0.263. The number of aryl methyl sites for hydroxylation is 2. The van der Waals surface area contributed by atoms with E-state index in [4.69, 9.17) is 0 Å². The maximum atomic E-state index is 4.34. The first kappa shape index (κ1) is 9.58. The van der Waals surface area contributed by atoms with Crippen molar-refractivity contribution >= 4 is 25.5 Å². The molecule has 82 valence electrons. The van der Waals surface area contributed by atoms with Gasteiger partial charge in [0.1, 0.15) is 0 Å². The third kappa shape index (κ3) is 1.33. The van der Waals surface area contributed by atoms with Gasteiger partial charge in [0.05, 0.1) is 0 Å². The molecule has 0 saturated carbocycles. The van der Waals surface area contributed by atoms with Crippen molar-refractivity contribution in [1.82, 2.24) is 9.19 Å². The number of hydrogen-bond donors (Lipinski definition) is 0. The fourth-order valence-corrected chi connectivity index (χ4v) is 4.01. The minimum absolute atomic E-state index is 0.263. The van der Waals surface area contributed by atoms with Crippen molar-refractivity contribution in [2.75, 3.05) is 0 Å². The van der Waals surface area contributed by atoms with Gasteiger partial charge in [-0.2, -0.15) is 0 Å². The van der Waals surface area contributed by atoms with Crippen molar-refractivity contribution in [1.29, 1.82) is 0 Å². The molecule has 3 aromatic rings. The van der Waals surface area contributed by atoms with E-state index >= 15 is 0 Å². The van der Waals surface area contributed by atoms with E-state index in [1.807, 2.05) is 0 Å². The third-order valence-corrected chi connectivity index (χ3v) is 5.09. The van der Waals surface area contributed by atoms with Crippen LogP contribution in [0.15, 0.2) is 36.4 Å². The van der Waals surface area contributed by atoms with Crippen LogP contribution in [0.3, 0.4) is 0 Å². The summed E-state index contributed by atoms with van der Waals surface area (Å²) >= 11 is 0.263. The summed E-state index contributed by atoms with van der Waals surface area (Å²) in [4.78, 5) is 0. The van der Waals surface area contributed by atoms with E-state index in [0.717, 1.165) is 18.5 Å². The number of rotatable bonds is 0. The molecule has 0 fully saturated rings. The summed E-state index contributed by atoms with van der Waals surface area (Å²) in [6.45, 7) is 0. The Balaban J connectivity index is 2.11. The molecule has 2 nitrogen and oxygen atoms in total. The van der Waals surface area contributed by atoms with Crippen LogP contribution in [0.4, 0.5) is 0 Å². The second-order valence-corrected chi connectivity index (χ2v) is 6.12. The molecule has 1 aliphatic rings. The van der Waals surface area contributed by atoms with Gasteiger partial charge < -0.3 is 0 Å². The second kappa shape index (κ2) is 3.52. The van der Waals surface area contributed by atoms with Crippen LogP contribution in [0.1, 0.15) is 10.0 Å². The van der Waals surface area contributed by atoms with Gasteiger partial charge in [-0.25, -0.2) is 0 Å². The molecule has 2 aromatic carbocycles. The molecule has 0 atom stereocenters. The molecule has 0 amide bonds. The summed E-state index contributed by atoms with van der Waals surface area (Å²) < 4.78 is 5.69. The normalized spacial score (nSPS) is 13.4. The third-order valence-electron chi connectivity index (χ3n) is 3.45. The fraction of sp³-hybridized carbons (Fsp3) is 0.143. The summed E-state index contributed by atoms with van der Waals surface area (Å²) in [6.07, 6.45) is 2.28. The first-order chi connectivity index (χ1) is 8.43. The zero-order chi connectivity index (χ0) is 11.2. The van der Waals surface area contributed by atoms with E-state index in [2.05, 4.69) is 45.6 Å². The molecule has 1 heterocycles. The number of benzene rings is 2. The van der Waals surface area contributed by atoms with Gasteiger partial charge >= 0.3 is 105 Å². The Morgan fingerprint density at radius 2 is 1.94 bits per heavy atom. The number of fused-ring (bicyclic) bond motifs is 5. The van der Waals surface area contributed by atoms with E-state index in [1.54, 1.807) is 0 Å². The van der Waals surface area contributed by atoms with Gasteiger partial charge in [0.25, 0.3) is 0 Å². The SMILES string of the molecule is c1ccc2c3c(ccc2c1)-c1nn[se]c1CC3. The predicted octanol–water partition coefficient (Wildman–Crippen LogP) is 2.45. The van der Waals surface area contributed by atoms with Crippen molar-refractivity contribution in [2.24, 2.45) is 0 Å². The van der Waals surface area contributed by atoms with Crippen molar-refractivity contribution in [3.8, 4) is 11.3 Å². The molecule has 0 N–H and O–H groups in total. The Morgan fingerprint density at radius 3 is 2.94 bits per heavy atom. The monoisotopic (exact) mass is 286 g/mol. The van der Waals surface area contributed by atoms with Crippen molar-refractivity contribution in [3.05, 3.63) is 46.4 Å². The number of nitrogens with zero attached hydrogens (tertiary/aromatic N) is 2. The molecule has 0 unspecified atom stereocenters. The fourth-order valence-electron chi connectivity index (χ4n) is 2.64. The Kier molecular flexibility index (Phi) is 1.99. The quantitative estimate of drug-likeness (QED) is 0.593.